The Morgan fingerprint density at radius 3 is 2.33 bits per heavy atom. The molecule has 0 saturated carbocycles. The SMILES string of the molecule is Cc1nc(Br)cc(-n2nc(C)nc2C)n1. The number of hydrogen-bond acceptors (Lipinski definition) is 4. The molecule has 2 heterocycles. The number of aromatic nitrogens is 5. The van der Waals surface area contributed by atoms with E-state index in [0.717, 1.165) is 22.1 Å². The van der Waals surface area contributed by atoms with Crippen molar-refractivity contribution >= 4 is 15.9 Å². The van der Waals surface area contributed by atoms with Gasteiger partial charge in [-0.2, -0.15) is 4.68 Å². The minimum absolute atomic E-state index is 0.701. The van der Waals surface area contributed by atoms with Gasteiger partial charge in [0.05, 0.1) is 0 Å². The fraction of sp³-hybridized carbons (Fsp3) is 0.333. The molecule has 6 heteroatoms. The van der Waals surface area contributed by atoms with Gasteiger partial charge in [-0.1, -0.05) is 0 Å². The summed E-state index contributed by atoms with van der Waals surface area (Å²) >= 11 is 3.33. The van der Waals surface area contributed by atoms with Crippen LogP contribution in [0.1, 0.15) is 17.5 Å². The fourth-order valence-corrected chi connectivity index (χ4v) is 1.82. The van der Waals surface area contributed by atoms with Gasteiger partial charge in [0.25, 0.3) is 0 Å². The standard InChI is InChI=1S/C9H10BrN5/c1-5-12-8(10)4-9(13-5)15-7(3)11-6(2)14-15/h4H,1-3H3. The third-order valence-electron chi connectivity index (χ3n) is 1.89. The summed E-state index contributed by atoms with van der Waals surface area (Å²) in [5.74, 6) is 2.98. The Morgan fingerprint density at radius 1 is 1.07 bits per heavy atom. The molecule has 0 bridgehead atoms. The zero-order valence-electron chi connectivity index (χ0n) is 8.69. The maximum Gasteiger partial charge on any atom is 0.160 e. The van der Waals surface area contributed by atoms with E-state index < -0.39 is 0 Å². The molecule has 0 unspecified atom stereocenters. The third-order valence-corrected chi connectivity index (χ3v) is 2.29. The summed E-state index contributed by atoms with van der Waals surface area (Å²) in [4.78, 5) is 12.7. The lowest BCUT2D eigenvalue weighted by molar-refractivity contribution is 0.788. The first-order valence-electron chi connectivity index (χ1n) is 4.48. The van der Waals surface area contributed by atoms with Gasteiger partial charge in [0.1, 0.15) is 22.1 Å². The largest absolute Gasteiger partial charge is 0.226 e. The van der Waals surface area contributed by atoms with Crippen molar-refractivity contribution in [1.82, 2.24) is 24.7 Å². The molecule has 0 radical (unpaired) electrons. The quantitative estimate of drug-likeness (QED) is 0.739. The first kappa shape index (κ1) is 10.2. The Balaban J connectivity index is 2.58. The van der Waals surface area contributed by atoms with Gasteiger partial charge in [-0.25, -0.2) is 15.0 Å². The Kier molecular flexibility index (Phi) is 2.52. The predicted octanol–water partition coefficient (Wildman–Crippen LogP) is 1.75. The molecule has 0 fully saturated rings. The molecule has 0 saturated heterocycles. The number of rotatable bonds is 1. The van der Waals surface area contributed by atoms with Crippen LogP contribution in [-0.4, -0.2) is 24.7 Å². The monoisotopic (exact) mass is 267 g/mol. The molecule has 2 aromatic heterocycles. The molecule has 0 aliphatic rings. The van der Waals surface area contributed by atoms with Crippen molar-refractivity contribution in [3.63, 3.8) is 0 Å². The van der Waals surface area contributed by atoms with Crippen LogP contribution in [0.2, 0.25) is 0 Å². The zero-order chi connectivity index (χ0) is 11.0. The Hall–Kier alpha value is -1.30. The average Bonchev–Trinajstić information content (AvgIpc) is 2.43. The zero-order valence-corrected chi connectivity index (χ0v) is 10.3. The summed E-state index contributed by atoms with van der Waals surface area (Å²) < 4.78 is 2.45. The van der Waals surface area contributed by atoms with Crippen molar-refractivity contribution in [2.75, 3.05) is 0 Å². The van der Waals surface area contributed by atoms with Gasteiger partial charge < -0.3 is 0 Å². The Labute approximate surface area is 95.7 Å². The Bertz CT molecular complexity index is 485. The minimum atomic E-state index is 0.701. The highest BCUT2D eigenvalue weighted by Crippen LogP contribution is 2.12. The van der Waals surface area contributed by atoms with Gasteiger partial charge in [-0.05, 0) is 36.7 Å². The molecule has 0 aromatic carbocycles. The molecule has 0 atom stereocenters. The van der Waals surface area contributed by atoms with E-state index in [4.69, 9.17) is 0 Å². The van der Waals surface area contributed by atoms with Crippen LogP contribution in [0.3, 0.4) is 0 Å². The summed E-state index contributed by atoms with van der Waals surface area (Å²) in [6, 6.07) is 1.81. The van der Waals surface area contributed by atoms with Gasteiger partial charge in [-0.3, -0.25) is 0 Å². The first-order chi connectivity index (χ1) is 7.06. The summed E-state index contributed by atoms with van der Waals surface area (Å²) in [7, 11) is 0. The van der Waals surface area contributed by atoms with Crippen LogP contribution >= 0.6 is 15.9 Å². The minimum Gasteiger partial charge on any atom is -0.226 e. The molecule has 0 aliphatic carbocycles. The van der Waals surface area contributed by atoms with Crippen molar-refractivity contribution in [1.29, 1.82) is 0 Å². The van der Waals surface area contributed by atoms with Crippen LogP contribution in [0.4, 0.5) is 0 Å². The molecular weight excluding hydrogens is 258 g/mol. The van der Waals surface area contributed by atoms with Crippen molar-refractivity contribution in [3.8, 4) is 5.82 Å². The van der Waals surface area contributed by atoms with Crippen LogP contribution < -0.4 is 0 Å². The van der Waals surface area contributed by atoms with Gasteiger partial charge >= 0.3 is 0 Å². The highest BCUT2D eigenvalue weighted by Gasteiger charge is 2.07. The average molecular weight is 268 g/mol. The predicted molar refractivity (Wildman–Crippen MR) is 58.9 cm³/mol. The van der Waals surface area contributed by atoms with Crippen molar-refractivity contribution in [2.45, 2.75) is 20.8 Å². The summed E-state index contributed by atoms with van der Waals surface area (Å²) in [5.41, 5.74) is 0. The molecule has 2 aromatic rings. The molecule has 0 N–H and O–H groups in total. The smallest absolute Gasteiger partial charge is 0.160 e. The van der Waals surface area contributed by atoms with E-state index in [2.05, 4.69) is 36.0 Å². The van der Waals surface area contributed by atoms with E-state index in [9.17, 15) is 0 Å². The van der Waals surface area contributed by atoms with Gasteiger partial charge in [0.15, 0.2) is 5.82 Å². The Morgan fingerprint density at radius 2 is 1.80 bits per heavy atom. The van der Waals surface area contributed by atoms with E-state index in [1.54, 1.807) is 4.68 Å². The molecule has 0 aliphatic heterocycles. The molecular formula is C9H10BrN5. The first-order valence-corrected chi connectivity index (χ1v) is 5.27. The van der Waals surface area contributed by atoms with Crippen molar-refractivity contribution < 1.29 is 0 Å². The van der Waals surface area contributed by atoms with E-state index >= 15 is 0 Å². The van der Waals surface area contributed by atoms with Crippen molar-refractivity contribution in [2.24, 2.45) is 0 Å². The van der Waals surface area contributed by atoms with E-state index in [-0.39, 0.29) is 0 Å². The van der Waals surface area contributed by atoms with E-state index in [1.165, 1.54) is 0 Å². The summed E-state index contributed by atoms with van der Waals surface area (Å²) in [6.07, 6.45) is 0. The number of aryl methyl sites for hydroxylation is 3. The normalized spacial score (nSPS) is 10.7. The van der Waals surface area contributed by atoms with Gasteiger partial charge in [-0.15, -0.1) is 5.10 Å². The van der Waals surface area contributed by atoms with Crippen LogP contribution in [0, 0.1) is 20.8 Å². The highest BCUT2D eigenvalue weighted by molar-refractivity contribution is 9.10. The topological polar surface area (TPSA) is 56.5 Å². The molecule has 5 nitrogen and oxygen atoms in total. The highest BCUT2D eigenvalue weighted by atomic mass is 79.9. The number of hydrogen-bond donors (Lipinski definition) is 0. The second kappa shape index (κ2) is 3.69. The molecule has 0 spiro atoms. The summed E-state index contributed by atoms with van der Waals surface area (Å²) in [6.45, 7) is 5.59. The lowest BCUT2D eigenvalue weighted by Gasteiger charge is -2.03. The van der Waals surface area contributed by atoms with Crippen LogP contribution in [0.25, 0.3) is 5.82 Å². The maximum absolute atomic E-state index is 4.30. The maximum atomic E-state index is 4.30. The van der Waals surface area contributed by atoms with Crippen LogP contribution in [-0.2, 0) is 0 Å². The molecule has 15 heavy (non-hydrogen) atoms. The molecule has 2 rings (SSSR count). The fourth-order valence-electron chi connectivity index (χ4n) is 1.36. The lowest BCUT2D eigenvalue weighted by atomic mass is 10.5. The third kappa shape index (κ3) is 2.04. The van der Waals surface area contributed by atoms with Crippen LogP contribution in [0.5, 0.6) is 0 Å². The summed E-state index contributed by atoms with van der Waals surface area (Å²) in [5, 5.41) is 4.26. The number of nitrogens with zero attached hydrogens (tertiary/aromatic N) is 5. The molecule has 0 amide bonds. The van der Waals surface area contributed by atoms with Crippen LogP contribution in [0.15, 0.2) is 10.7 Å². The van der Waals surface area contributed by atoms with Gasteiger partial charge in [0.2, 0.25) is 0 Å². The number of halogens is 1. The molecule has 78 valence electrons. The second-order valence-corrected chi connectivity index (χ2v) is 4.03. The second-order valence-electron chi connectivity index (χ2n) is 3.21. The van der Waals surface area contributed by atoms with Gasteiger partial charge in [0, 0.05) is 6.07 Å². The van der Waals surface area contributed by atoms with E-state index in [0.29, 0.717) is 5.82 Å². The van der Waals surface area contributed by atoms with Crippen molar-refractivity contribution in [3.05, 3.63) is 28.1 Å². The van der Waals surface area contributed by atoms with E-state index in [1.807, 2.05) is 26.8 Å². The lowest BCUT2D eigenvalue weighted by Crippen LogP contribution is -2.04.